The first kappa shape index (κ1) is 16.8. The van der Waals surface area contributed by atoms with Gasteiger partial charge in [-0.15, -0.1) is 0 Å². The molecular weight excluding hydrogens is 302 g/mol. The van der Waals surface area contributed by atoms with Crippen LogP contribution in [-0.2, 0) is 9.59 Å². The molecule has 1 aliphatic heterocycles. The minimum absolute atomic E-state index is 0.0993. The van der Waals surface area contributed by atoms with Crippen molar-refractivity contribution in [3.05, 3.63) is 34.9 Å². The van der Waals surface area contributed by atoms with Crippen molar-refractivity contribution in [2.24, 2.45) is 5.92 Å². The number of halogens is 1. The SMILES string of the molecule is CC(C(=O)N1CCCC(CCC(=O)O)C1)c1cccc(Cl)c1. The Morgan fingerprint density at radius 1 is 1.45 bits per heavy atom. The van der Waals surface area contributed by atoms with Gasteiger partial charge in [-0.2, -0.15) is 0 Å². The summed E-state index contributed by atoms with van der Waals surface area (Å²) in [6.07, 6.45) is 2.77. The Balaban J connectivity index is 1.97. The van der Waals surface area contributed by atoms with Gasteiger partial charge in [-0.1, -0.05) is 23.7 Å². The molecule has 4 nitrogen and oxygen atoms in total. The fourth-order valence-corrected chi connectivity index (χ4v) is 3.22. The molecule has 1 saturated heterocycles. The number of nitrogens with zero attached hydrogens (tertiary/aromatic N) is 1. The Hall–Kier alpha value is -1.55. The van der Waals surface area contributed by atoms with Gasteiger partial charge >= 0.3 is 5.97 Å². The Labute approximate surface area is 136 Å². The molecule has 1 aliphatic rings. The molecule has 0 aromatic heterocycles. The van der Waals surface area contributed by atoms with Gasteiger partial charge < -0.3 is 10.0 Å². The molecule has 0 radical (unpaired) electrons. The lowest BCUT2D eigenvalue weighted by atomic mass is 9.91. The van der Waals surface area contributed by atoms with Crippen LogP contribution in [0, 0.1) is 5.92 Å². The second-order valence-corrected chi connectivity index (χ2v) is 6.44. The van der Waals surface area contributed by atoms with Gasteiger partial charge in [0.2, 0.25) is 5.91 Å². The summed E-state index contributed by atoms with van der Waals surface area (Å²) in [6, 6.07) is 7.40. The zero-order valence-corrected chi connectivity index (χ0v) is 13.6. The first-order valence-corrected chi connectivity index (χ1v) is 8.11. The maximum Gasteiger partial charge on any atom is 0.303 e. The van der Waals surface area contributed by atoms with Gasteiger partial charge in [-0.25, -0.2) is 0 Å². The average Bonchev–Trinajstić information content (AvgIpc) is 2.52. The van der Waals surface area contributed by atoms with E-state index in [0.717, 1.165) is 24.9 Å². The highest BCUT2D eigenvalue weighted by molar-refractivity contribution is 6.30. The molecule has 0 bridgehead atoms. The molecule has 1 heterocycles. The lowest BCUT2D eigenvalue weighted by Gasteiger charge is -2.34. The number of benzene rings is 1. The molecule has 1 aromatic rings. The molecule has 0 spiro atoms. The van der Waals surface area contributed by atoms with Crippen LogP contribution in [0.2, 0.25) is 5.02 Å². The number of aliphatic carboxylic acids is 1. The number of piperidine rings is 1. The molecular formula is C17H22ClNO3. The Kier molecular flexibility index (Phi) is 5.83. The Morgan fingerprint density at radius 3 is 2.91 bits per heavy atom. The number of carboxylic acid groups (broad SMARTS) is 1. The Morgan fingerprint density at radius 2 is 2.23 bits per heavy atom. The van der Waals surface area contributed by atoms with E-state index in [9.17, 15) is 9.59 Å². The quantitative estimate of drug-likeness (QED) is 0.901. The van der Waals surface area contributed by atoms with Gasteiger partial charge in [0.1, 0.15) is 0 Å². The van der Waals surface area contributed by atoms with Crippen molar-refractivity contribution < 1.29 is 14.7 Å². The van der Waals surface area contributed by atoms with Gasteiger partial charge in [0.15, 0.2) is 0 Å². The van der Waals surface area contributed by atoms with Crippen molar-refractivity contribution in [1.82, 2.24) is 4.90 Å². The molecule has 2 rings (SSSR count). The summed E-state index contributed by atoms with van der Waals surface area (Å²) in [5.74, 6) is -0.602. The second-order valence-electron chi connectivity index (χ2n) is 6.00. The number of amides is 1. The van der Waals surface area contributed by atoms with Crippen LogP contribution < -0.4 is 0 Å². The zero-order chi connectivity index (χ0) is 16.1. The van der Waals surface area contributed by atoms with Gasteiger partial charge in [0.05, 0.1) is 5.92 Å². The largest absolute Gasteiger partial charge is 0.481 e. The highest BCUT2D eigenvalue weighted by Crippen LogP contribution is 2.26. The van der Waals surface area contributed by atoms with E-state index in [-0.39, 0.29) is 18.2 Å². The van der Waals surface area contributed by atoms with Crippen LogP contribution in [0.25, 0.3) is 0 Å². The molecule has 0 aliphatic carbocycles. The minimum atomic E-state index is -0.768. The normalized spacial score (nSPS) is 19.7. The molecule has 1 aromatic carbocycles. The number of carbonyl (C=O) groups excluding carboxylic acids is 1. The molecule has 5 heteroatoms. The molecule has 1 amide bonds. The zero-order valence-electron chi connectivity index (χ0n) is 12.8. The van der Waals surface area contributed by atoms with E-state index < -0.39 is 5.97 Å². The number of carbonyl (C=O) groups is 2. The third-order valence-electron chi connectivity index (χ3n) is 4.32. The van der Waals surface area contributed by atoms with Crippen LogP contribution in [0.4, 0.5) is 0 Å². The summed E-state index contributed by atoms with van der Waals surface area (Å²) in [7, 11) is 0. The smallest absolute Gasteiger partial charge is 0.303 e. The van der Waals surface area contributed by atoms with Crippen LogP contribution in [0.5, 0.6) is 0 Å². The van der Waals surface area contributed by atoms with E-state index in [1.54, 1.807) is 6.07 Å². The summed E-state index contributed by atoms with van der Waals surface area (Å²) in [6.45, 7) is 3.32. The lowest BCUT2D eigenvalue weighted by molar-refractivity contribution is -0.137. The van der Waals surface area contributed by atoms with Gasteiger partial charge in [-0.05, 0) is 49.8 Å². The van der Waals surface area contributed by atoms with E-state index >= 15 is 0 Å². The summed E-state index contributed by atoms with van der Waals surface area (Å²) in [5, 5.41) is 9.42. The van der Waals surface area contributed by atoms with E-state index in [1.165, 1.54) is 0 Å². The van der Waals surface area contributed by atoms with Crippen LogP contribution in [0.1, 0.15) is 44.1 Å². The molecule has 1 fully saturated rings. The maximum atomic E-state index is 12.7. The molecule has 1 N–H and O–H groups in total. The number of rotatable bonds is 5. The predicted molar refractivity (Wildman–Crippen MR) is 86.0 cm³/mol. The topological polar surface area (TPSA) is 57.6 Å². The number of likely N-dealkylation sites (tertiary alicyclic amines) is 1. The van der Waals surface area contributed by atoms with E-state index in [0.29, 0.717) is 23.9 Å². The lowest BCUT2D eigenvalue weighted by Crippen LogP contribution is -2.42. The summed E-state index contributed by atoms with van der Waals surface area (Å²) in [4.78, 5) is 25.2. The first-order chi connectivity index (χ1) is 10.5. The third-order valence-corrected chi connectivity index (χ3v) is 4.55. The fraction of sp³-hybridized carbons (Fsp3) is 0.529. The van der Waals surface area contributed by atoms with Crippen molar-refractivity contribution in [3.8, 4) is 0 Å². The highest BCUT2D eigenvalue weighted by Gasteiger charge is 2.27. The summed E-state index contributed by atoms with van der Waals surface area (Å²) in [5.41, 5.74) is 0.921. The second kappa shape index (κ2) is 7.63. The number of hydrogen-bond acceptors (Lipinski definition) is 2. The van der Waals surface area contributed by atoms with Gasteiger partial charge in [0, 0.05) is 24.5 Å². The van der Waals surface area contributed by atoms with Gasteiger partial charge in [-0.3, -0.25) is 9.59 Å². The van der Waals surface area contributed by atoms with Crippen molar-refractivity contribution in [2.45, 2.75) is 38.5 Å². The van der Waals surface area contributed by atoms with Gasteiger partial charge in [0.25, 0.3) is 0 Å². The van der Waals surface area contributed by atoms with E-state index in [2.05, 4.69) is 0 Å². The van der Waals surface area contributed by atoms with Crippen molar-refractivity contribution in [1.29, 1.82) is 0 Å². The standard InChI is InChI=1S/C17H22ClNO3/c1-12(14-5-2-6-15(18)10-14)17(22)19-9-3-4-13(11-19)7-8-16(20)21/h2,5-6,10,12-13H,3-4,7-9,11H2,1H3,(H,20,21). The summed E-state index contributed by atoms with van der Waals surface area (Å²) < 4.78 is 0. The molecule has 0 saturated carbocycles. The number of carboxylic acids is 1. The maximum absolute atomic E-state index is 12.7. The molecule has 22 heavy (non-hydrogen) atoms. The number of hydrogen-bond donors (Lipinski definition) is 1. The van der Waals surface area contributed by atoms with Crippen molar-refractivity contribution in [2.75, 3.05) is 13.1 Å². The highest BCUT2D eigenvalue weighted by atomic mass is 35.5. The average molecular weight is 324 g/mol. The molecule has 120 valence electrons. The molecule has 2 unspecified atom stereocenters. The van der Waals surface area contributed by atoms with Crippen LogP contribution in [-0.4, -0.2) is 35.0 Å². The van der Waals surface area contributed by atoms with Crippen molar-refractivity contribution in [3.63, 3.8) is 0 Å². The monoisotopic (exact) mass is 323 g/mol. The van der Waals surface area contributed by atoms with E-state index in [4.69, 9.17) is 16.7 Å². The minimum Gasteiger partial charge on any atom is -0.481 e. The third kappa shape index (κ3) is 4.47. The van der Waals surface area contributed by atoms with Crippen LogP contribution in [0.15, 0.2) is 24.3 Å². The molecule has 2 atom stereocenters. The Bertz CT molecular complexity index is 546. The van der Waals surface area contributed by atoms with E-state index in [1.807, 2.05) is 30.0 Å². The van der Waals surface area contributed by atoms with Crippen LogP contribution in [0.3, 0.4) is 0 Å². The predicted octanol–water partition coefficient (Wildman–Crippen LogP) is 3.55. The first-order valence-electron chi connectivity index (χ1n) is 7.73. The van der Waals surface area contributed by atoms with Crippen molar-refractivity contribution >= 4 is 23.5 Å². The fourth-order valence-electron chi connectivity index (χ4n) is 3.02. The summed E-state index contributed by atoms with van der Waals surface area (Å²) >= 11 is 5.99. The van der Waals surface area contributed by atoms with Crippen LogP contribution >= 0.6 is 11.6 Å².